The molecule has 0 aliphatic heterocycles. The van der Waals surface area contributed by atoms with Crippen molar-refractivity contribution >= 4 is 33.4 Å². The highest BCUT2D eigenvalue weighted by atomic mass is 79.9. The standard InChI is InChI=1S/C19H15BrN2O3/c20-16-9-3-1-7-14(16)19(24)22-17-10-4-2-8-15(17)18(23)21-12-13-6-5-11-25-13/h1-11H,12H2,(H,21,23)(H,22,24). The van der Waals surface area contributed by atoms with Crippen LogP contribution in [0.5, 0.6) is 0 Å². The van der Waals surface area contributed by atoms with Gasteiger partial charge < -0.3 is 15.1 Å². The second-order valence-corrected chi connectivity index (χ2v) is 6.10. The largest absolute Gasteiger partial charge is 0.467 e. The Kier molecular flexibility index (Phi) is 5.30. The molecule has 6 heteroatoms. The van der Waals surface area contributed by atoms with E-state index in [1.807, 2.05) is 6.07 Å². The molecule has 1 aromatic heterocycles. The maximum Gasteiger partial charge on any atom is 0.256 e. The van der Waals surface area contributed by atoms with Crippen LogP contribution < -0.4 is 10.6 Å². The van der Waals surface area contributed by atoms with Gasteiger partial charge in [0.2, 0.25) is 0 Å². The van der Waals surface area contributed by atoms with Crippen molar-refractivity contribution < 1.29 is 14.0 Å². The minimum absolute atomic E-state index is 0.276. The number of hydrogen-bond acceptors (Lipinski definition) is 3. The van der Waals surface area contributed by atoms with Crippen LogP contribution in [-0.2, 0) is 6.54 Å². The molecule has 0 radical (unpaired) electrons. The van der Waals surface area contributed by atoms with Crippen molar-refractivity contribution in [1.82, 2.24) is 5.32 Å². The summed E-state index contributed by atoms with van der Waals surface area (Å²) < 4.78 is 5.88. The molecule has 0 bridgehead atoms. The van der Waals surface area contributed by atoms with Crippen molar-refractivity contribution in [2.75, 3.05) is 5.32 Å². The van der Waals surface area contributed by atoms with Crippen molar-refractivity contribution in [3.8, 4) is 0 Å². The van der Waals surface area contributed by atoms with E-state index in [2.05, 4.69) is 26.6 Å². The summed E-state index contributed by atoms with van der Waals surface area (Å²) in [6.07, 6.45) is 1.55. The number of amides is 2. The highest BCUT2D eigenvalue weighted by Gasteiger charge is 2.15. The molecular weight excluding hydrogens is 384 g/mol. The molecule has 126 valence electrons. The molecule has 0 fully saturated rings. The van der Waals surface area contributed by atoms with Crippen LogP contribution in [0.2, 0.25) is 0 Å². The lowest BCUT2D eigenvalue weighted by Crippen LogP contribution is -2.24. The number of furan rings is 1. The fourth-order valence-electron chi connectivity index (χ4n) is 2.30. The van der Waals surface area contributed by atoms with E-state index >= 15 is 0 Å². The predicted molar refractivity (Wildman–Crippen MR) is 98.4 cm³/mol. The van der Waals surface area contributed by atoms with Crippen LogP contribution >= 0.6 is 15.9 Å². The Hall–Kier alpha value is -2.86. The smallest absolute Gasteiger partial charge is 0.256 e. The van der Waals surface area contributed by atoms with Crippen molar-refractivity contribution in [3.05, 3.63) is 88.3 Å². The molecule has 2 N–H and O–H groups in total. The van der Waals surface area contributed by atoms with Crippen LogP contribution in [0.3, 0.4) is 0 Å². The maximum atomic E-state index is 12.5. The summed E-state index contributed by atoms with van der Waals surface area (Å²) >= 11 is 3.35. The quantitative estimate of drug-likeness (QED) is 0.675. The van der Waals surface area contributed by atoms with E-state index < -0.39 is 0 Å². The van der Waals surface area contributed by atoms with Gasteiger partial charge in [-0.25, -0.2) is 0 Å². The molecule has 3 rings (SSSR count). The van der Waals surface area contributed by atoms with E-state index in [1.165, 1.54) is 0 Å². The Morgan fingerprint density at radius 1 is 0.880 bits per heavy atom. The molecule has 0 atom stereocenters. The molecule has 25 heavy (non-hydrogen) atoms. The summed E-state index contributed by atoms with van der Waals surface area (Å²) in [5.74, 6) is 0.0706. The van der Waals surface area contributed by atoms with Crippen molar-refractivity contribution in [2.24, 2.45) is 0 Å². The van der Waals surface area contributed by atoms with Gasteiger partial charge in [-0.05, 0) is 52.3 Å². The highest BCUT2D eigenvalue weighted by Crippen LogP contribution is 2.20. The van der Waals surface area contributed by atoms with Crippen LogP contribution in [0.25, 0.3) is 0 Å². The zero-order chi connectivity index (χ0) is 17.6. The van der Waals surface area contributed by atoms with Gasteiger partial charge in [-0.15, -0.1) is 0 Å². The fourth-order valence-corrected chi connectivity index (χ4v) is 2.77. The Bertz CT molecular complexity index is 891. The van der Waals surface area contributed by atoms with E-state index in [0.29, 0.717) is 27.0 Å². The minimum Gasteiger partial charge on any atom is -0.467 e. The summed E-state index contributed by atoms with van der Waals surface area (Å²) in [6.45, 7) is 0.276. The topological polar surface area (TPSA) is 71.3 Å². The van der Waals surface area contributed by atoms with Gasteiger partial charge in [0.15, 0.2) is 0 Å². The Labute approximate surface area is 153 Å². The minimum atomic E-state index is -0.293. The van der Waals surface area contributed by atoms with E-state index in [-0.39, 0.29) is 18.4 Å². The second kappa shape index (κ2) is 7.81. The average molecular weight is 399 g/mol. The number of hydrogen-bond donors (Lipinski definition) is 2. The number of nitrogens with one attached hydrogen (secondary N) is 2. The van der Waals surface area contributed by atoms with Crippen molar-refractivity contribution in [3.63, 3.8) is 0 Å². The number of rotatable bonds is 5. The lowest BCUT2D eigenvalue weighted by Gasteiger charge is -2.11. The Morgan fingerprint density at radius 3 is 2.32 bits per heavy atom. The molecular formula is C19H15BrN2O3. The summed E-state index contributed by atoms with van der Waals surface area (Å²) in [5.41, 5.74) is 1.32. The third-order valence-electron chi connectivity index (χ3n) is 3.54. The van der Waals surface area contributed by atoms with E-state index in [4.69, 9.17) is 4.42 Å². The number of anilines is 1. The van der Waals surface area contributed by atoms with Crippen LogP contribution in [0.4, 0.5) is 5.69 Å². The number of benzene rings is 2. The molecule has 5 nitrogen and oxygen atoms in total. The normalized spacial score (nSPS) is 10.3. The fraction of sp³-hybridized carbons (Fsp3) is 0.0526. The molecule has 2 aromatic carbocycles. The lowest BCUT2D eigenvalue weighted by molar-refractivity contribution is 0.0949. The first-order valence-corrected chi connectivity index (χ1v) is 8.40. The van der Waals surface area contributed by atoms with Gasteiger partial charge in [-0.3, -0.25) is 9.59 Å². The summed E-state index contributed by atoms with van der Waals surface area (Å²) in [6, 6.07) is 17.5. The van der Waals surface area contributed by atoms with E-state index in [9.17, 15) is 9.59 Å². The van der Waals surface area contributed by atoms with Crippen LogP contribution in [-0.4, -0.2) is 11.8 Å². The molecule has 0 aliphatic carbocycles. The first-order chi connectivity index (χ1) is 12.1. The highest BCUT2D eigenvalue weighted by molar-refractivity contribution is 9.10. The third-order valence-corrected chi connectivity index (χ3v) is 4.23. The SMILES string of the molecule is O=C(Nc1ccccc1C(=O)NCc1ccco1)c1ccccc1Br. The van der Waals surface area contributed by atoms with Gasteiger partial charge in [-0.1, -0.05) is 24.3 Å². The van der Waals surface area contributed by atoms with Crippen LogP contribution in [0.15, 0.2) is 75.8 Å². The maximum absolute atomic E-state index is 12.5. The zero-order valence-corrected chi connectivity index (χ0v) is 14.7. The van der Waals surface area contributed by atoms with E-state index in [1.54, 1.807) is 60.9 Å². The Balaban J connectivity index is 1.75. The number of halogens is 1. The number of carbonyl (C=O) groups excluding carboxylic acids is 2. The van der Waals surface area contributed by atoms with Gasteiger partial charge in [0.05, 0.1) is 29.6 Å². The molecule has 0 aliphatic rings. The first kappa shape index (κ1) is 17.0. The average Bonchev–Trinajstić information content (AvgIpc) is 3.14. The van der Waals surface area contributed by atoms with E-state index in [0.717, 1.165) is 0 Å². The molecule has 1 heterocycles. The zero-order valence-electron chi connectivity index (χ0n) is 13.2. The van der Waals surface area contributed by atoms with Crippen molar-refractivity contribution in [2.45, 2.75) is 6.54 Å². The molecule has 3 aromatic rings. The van der Waals surface area contributed by atoms with Gasteiger partial charge in [0.25, 0.3) is 11.8 Å². The van der Waals surface area contributed by atoms with Gasteiger partial charge in [-0.2, -0.15) is 0 Å². The first-order valence-electron chi connectivity index (χ1n) is 7.60. The molecule has 0 saturated carbocycles. The molecule has 2 amide bonds. The molecule has 0 unspecified atom stereocenters. The van der Waals surface area contributed by atoms with Gasteiger partial charge in [0.1, 0.15) is 5.76 Å². The van der Waals surface area contributed by atoms with Gasteiger partial charge >= 0.3 is 0 Å². The summed E-state index contributed by atoms with van der Waals surface area (Å²) in [5, 5.41) is 5.56. The summed E-state index contributed by atoms with van der Waals surface area (Å²) in [7, 11) is 0. The van der Waals surface area contributed by atoms with Crippen LogP contribution in [0, 0.1) is 0 Å². The Morgan fingerprint density at radius 2 is 1.60 bits per heavy atom. The predicted octanol–water partition coefficient (Wildman–Crippen LogP) is 4.22. The third kappa shape index (κ3) is 4.16. The number of para-hydroxylation sites is 1. The number of carbonyl (C=O) groups is 2. The molecule has 0 saturated heterocycles. The molecule has 0 spiro atoms. The van der Waals surface area contributed by atoms with Gasteiger partial charge in [0, 0.05) is 4.47 Å². The van der Waals surface area contributed by atoms with Crippen LogP contribution in [0.1, 0.15) is 26.5 Å². The summed E-state index contributed by atoms with van der Waals surface area (Å²) in [4.78, 5) is 24.9. The lowest BCUT2D eigenvalue weighted by atomic mass is 10.1. The van der Waals surface area contributed by atoms with Crippen molar-refractivity contribution in [1.29, 1.82) is 0 Å². The monoisotopic (exact) mass is 398 g/mol. The second-order valence-electron chi connectivity index (χ2n) is 5.24.